The molecule has 0 unspecified atom stereocenters. The normalized spacial score (nSPS) is 18.0. The van der Waals surface area contributed by atoms with Gasteiger partial charge in [-0.05, 0) is 79.6 Å². The number of benzene rings is 2. The van der Waals surface area contributed by atoms with E-state index in [9.17, 15) is 40.3 Å². The number of carbonyl (C=O) groups is 2. The van der Waals surface area contributed by atoms with Crippen molar-refractivity contribution in [2.24, 2.45) is 0 Å². The fourth-order valence-electron chi connectivity index (χ4n) is 4.75. The number of piperidine rings is 1. The number of aryl methyl sites for hydroxylation is 1. The molecule has 0 radical (unpaired) electrons. The van der Waals surface area contributed by atoms with Crippen LogP contribution in [0.4, 0.5) is 35.5 Å². The highest BCUT2D eigenvalue weighted by molar-refractivity contribution is 6.17. The summed E-state index contributed by atoms with van der Waals surface area (Å²) in [7, 11) is 0. The van der Waals surface area contributed by atoms with Crippen molar-refractivity contribution in [1.82, 2.24) is 15.5 Å². The highest BCUT2D eigenvalue weighted by Crippen LogP contribution is 2.37. The highest BCUT2D eigenvalue weighted by atomic mass is 35.5. The predicted molar refractivity (Wildman–Crippen MR) is 135 cm³/mol. The first-order chi connectivity index (χ1) is 18.7. The number of alkyl halides is 7. The van der Waals surface area contributed by atoms with Crippen LogP contribution in [0.2, 0.25) is 0 Å². The molecular weight excluding hydrogens is 567 g/mol. The SMILES string of the molecule is Cc1cc(F)ccc1[C@H]1C[C@@H](NC(=O)CCCCl)CCN1C(=O)NCCc1cc(C(F)(F)F)cc(C(F)(F)F)c1. The van der Waals surface area contributed by atoms with Crippen molar-refractivity contribution < 1.29 is 40.3 Å². The Hall–Kier alpha value is -3.02. The maximum absolute atomic E-state index is 13.8. The quantitative estimate of drug-likeness (QED) is 0.262. The molecule has 0 bridgehead atoms. The molecule has 220 valence electrons. The number of amides is 3. The minimum atomic E-state index is -4.97. The van der Waals surface area contributed by atoms with E-state index in [-0.39, 0.29) is 49.5 Å². The summed E-state index contributed by atoms with van der Waals surface area (Å²) in [5.41, 5.74) is -1.84. The van der Waals surface area contributed by atoms with Crippen LogP contribution < -0.4 is 10.6 Å². The molecular formula is C27H29ClF7N3O2. The van der Waals surface area contributed by atoms with Gasteiger partial charge in [0.2, 0.25) is 5.91 Å². The predicted octanol–water partition coefficient (Wildman–Crippen LogP) is 6.76. The maximum Gasteiger partial charge on any atom is 0.416 e. The molecule has 1 fully saturated rings. The summed E-state index contributed by atoms with van der Waals surface area (Å²) in [6.07, 6.45) is -8.71. The summed E-state index contributed by atoms with van der Waals surface area (Å²) in [5, 5.41) is 5.51. The van der Waals surface area contributed by atoms with Crippen LogP contribution in [-0.4, -0.2) is 41.8 Å². The van der Waals surface area contributed by atoms with E-state index in [1.165, 1.54) is 17.0 Å². The summed E-state index contributed by atoms with van der Waals surface area (Å²) in [6, 6.07) is 4.03. The van der Waals surface area contributed by atoms with Gasteiger partial charge in [-0.3, -0.25) is 4.79 Å². The zero-order valence-corrected chi connectivity index (χ0v) is 22.3. The summed E-state index contributed by atoms with van der Waals surface area (Å²) >= 11 is 5.65. The second-order valence-electron chi connectivity index (χ2n) is 9.69. The molecule has 0 aromatic heterocycles. The first-order valence-corrected chi connectivity index (χ1v) is 13.2. The Morgan fingerprint density at radius 1 is 1.02 bits per heavy atom. The molecule has 0 spiro atoms. The molecule has 2 aromatic rings. The lowest BCUT2D eigenvalue weighted by atomic mass is 9.89. The Bertz CT molecular complexity index is 1170. The number of likely N-dealkylation sites (tertiary alicyclic amines) is 1. The first-order valence-electron chi connectivity index (χ1n) is 12.6. The lowest BCUT2D eigenvalue weighted by Crippen LogP contribution is -2.51. The van der Waals surface area contributed by atoms with Crippen molar-refractivity contribution in [3.8, 4) is 0 Å². The third-order valence-corrected chi connectivity index (χ3v) is 6.96. The Morgan fingerprint density at radius 2 is 1.68 bits per heavy atom. The summed E-state index contributed by atoms with van der Waals surface area (Å²) in [6.45, 7) is 1.67. The van der Waals surface area contributed by atoms with Gasteiger partial charge in [0, 0.05) is 31.4 Å². The lowest BCUT2D eigenvalue weighted by molar-refractivity contribution is -0.143. The van der Waals surface area contributed by atoms with Crippen LogP contribution in [0, 0.1) is 12.7 Å². The van der Waals surface area contributed by atoms with Gasteiger partial charge in [0.15, 0.2) is 0 Å². The Labute approximate surface area is 232 Å². The van der Waals surface area contributed by atoms with Crippen LogP contribution in [0.3, 0.4) is 0 Å². The molecule has 0 aliphatic carbocycles. The molecule has 3 amide bonds. The minimum Gasteiger partial charge on any atom is -0.353 e. The molecule has 40 heavy (non-hydrogen) atoms. The third kappa shape index (κ3) is 8.49. The van der Waals surface area contributed by atoms with Crippen molar-refractivity contribution in [3.63, 3.8) is 0 Å². The second kappa shape index (κ2) is 13.1. The summed E-state index contributed by atoms with van der Waals surface area (Å²) in [5.74, 6) is -0.308. The van der Waals surface area contributed by atoms with Gasteiger partial charge >= 0.3 is 18.4 Å². The largest absolute Gasteiger partial charge is 0.416 e. The van der Waals surface area contributed by atoms with Crippen molar-refractivity contribution in [2.45, 2.75) is 63.5 Å². The number of carbonyl (C=O) groups excluding carboxylic acids is 2. The standard InChI is InChI=1S/C27H29ClF7N3O2/c1-16-11-20(29)4-5-22(16)23-15-21(37-24(39)3-2-8-28)7-10-38(23)25(40)36-9-6-17-12-18(26(30,31)32)14-19(13-17)27(33,34)35/h4-5,11-14,21,23H,2-3,6-10,15H2,1H3,(H,36,40)(H,37,39)/t21-,23+/m0/s1. The van der Waals surface area contributed by atoms with Crippen molar-refractivity contribution in [3.05, 3.63) is 70.0 Å². The number of nitrogens with zero attached hydrogens (tertiary/aromatic N) is 1. The van der Waals surface area contributed by atoms with E-state index in [2.05, 4.69) is 10.6 Å². The van der Waals surface area contributed by atoms with Gasteiger partial charge in [0.05, 0.1) is 17.2 Å². The zero-order chi connectivity index (χ0) is 29.7. The van der Waals surface area contributed by atoms with Crippen molar-refractivity contribution in [1.29, 1.82) is 0 Å². The van der Waals surface area contributed by atoms with Crippen molar-refractivity contribution >= 4 is 23.5 Å². The number of nitrogens with one attached hydrogen (secondary N) is 2. The van der Waals surface area contributed by atoms with Gasteiger partial charge < -0.3 is 15.5 Å². The molecule has 2 atom stereocenters. The summed E-state index contributed by atoms with van der Waals surface area (Å²) in [4.78, 5) is 26.9. The molecule has 5 nitrogen and oxygen atoms in total. The van der Waals surface area contributed by atoms with E-state index in [4.69, 9.17) is 11.6 Å². The van der Waals surface area contributed by atoms with Crippen LogP contribution in [-0.2, 0) is 23.6 Å². The molecule has 1 aliphatic rings. The third-order valence-electron chi connectivity index (χ3n) is 6.69. The van der Waals surface area contributed by atoms with E-state index >= 15 is 0 Å². The van der Waals surface area contributed by atoms with Gasteiger partial charge in [-0.15, -0.1) is 11.6 Å². The number of halogens is 8. The van der Waals surface area contributed by atoms with E-state index in [1.54, 1.807) is 13.0 Å². The van der Waals surface area contributed by atoms with Crippen LogP contribution >= 0.6 is 11.6 Å². The lowest BCUT2D eigenvalue weighted by Gasteiger charge is -2.40. The van der Waals surface area contributed by atoms with E-state index in [0.29, 0.717) is 48.4 Å². The van der Waals surface area contributed by atoms with E-state index < -0.39 is 41.4 Å². The molecule has 13 heteroatoms. The molecule has 1 saturated heterocycles. The average molecular weight is 596 g/mol. The molecule has 2 aromatic carbocycles. The van der Waals surface area contributed by atoms with Crippen molar-refractivity contribution in [2.75, 3.05) is 19.0 Å². The Balaban J connectivity index is 1.74. The Kier molecular flexibility index (Phi) is 10.3. The van der Waals surface area contributed by atoms with Crippen LogP contribution in [0.1, 0.15) is 59.5 Å². The Morgan fingerprint density at radius 3 is 2.25 bits per heavy atom. The van der Waals surface area contributed by atoms with Gasteiger partial charge in [-0.25, -0.2) is 9.18 Å². The summed E-state index contributed by atoms with van der Waals surface area (Å²) < 4.78 is 92.8. The molecule has 3 rings (SSSR count). The monoisotopic (exact) mass is 595 g/mol. The van der Waals surface area contributed by atoms with Gasteiger partial charge in [0.25, 0.3) is 0 Å². The maximum atomic E-state index is 13.8. The number of hydrogen-bond donors (Lipinski definition) is 2. The smallest absolute Gasteiger partial charge is 0.353 e. The minimum absolute atomic E-state index is 0.0519. The first kappa shape index (κ1) is 31.5. The molecule has 1 aliphatic heterocycles. The highest BCUT2D eigenvalue weighted by Gasteiger charge is 2.37. The number of urea groups is 1. The molecule has 1 heterocycles. The van der Waals surface area contributed by atoms with Crippen LogP contribution in [0.25, 0.3) is 0 Å². The van der Waals surface area contributed by atoms with E-state index in [1.807, 2.05) is 0 Å². The second-order valence-corrected chi connectivity index (χ2v) is 10.1. The number of rotatable bonds is 8. The molecule has 0 saturated carbocycles. The zero-order valence-electron chi connectivity index (χ0n) is 21.6. The van der Waals surface area contributed by atoms with Gasteiger partial charge in [-0.1, -0.05) is 6.07 Å². The van der Waals surface area contributed by atoms with Gasteiger partial charge in [-0.2, -0.15) is 26.3 Å². The van der Waals surface area contributed by atoms with Crippen LogP contribution in [0.15, 0.2) is 36.4 Å². The van der Waals surface area contributed by atoms with Gasteiger partial charge in [0.1, 0.15) is 5.82 Å². The molecule has 2 N–H and O–H groups in total. The fourth-order valence-corrected chi connectivity index (χ4v) is 4.89. The van der Waals surface area contributed by atoms with Crippen LogP contribution in [0.5, 0.6) is 0 Å². The van der Waals surface area contributed by atoms with E-state index in [0.717, 1.165) is 0 Å². The fraction of sp³-hybridized carbons (Fsp3) is 0.481. The number of hydrogen-bond acceptors (Lipinski definition) is 2. The average Bonchev–Trinajstić information content (AvgIpc) is 2.86. The topological polar surface area (TPSA) is 61.4 Å².